The number of ether oxygens (including phenoxy) is 2. The molecule has 0 saturated carbocycles. The van der Waals surface area contributed by atoms with E-state index in [0.717, 1.165) is 11.8 Å². The Bertz CT molecular complexity index is 951. The Morgan fingerprint density at radius 2 is 1.63 bits per heavy atom. The first-order valence-electron chi connectivity index (χ1n) is 8.08. The van der Waals surface area contributed by atoms with Crippen LogP contribution in [-0.2, 0) is 14.8 Å². The maximum absolute atomic E-state index is 12.4. The lowest BCUT2D eigenvalue weighted by Gasteiger charge is -2.14. The molecule has 27 heavy (non-hydrogen) atoms. The van der Waals surface area contributed by atoms with E-state index in [4.69, 9.17) is 9.47 Å². The molecular weight excluding hydrogens is 370 g/mol. The lowest BCUT2D eigenvalue weighted by Crippen LogP contribution is -2.24. The first-order valence-corrected chi connectivity index (χ1v) is 9.97. The van der Waals surface area contributed by atoms with Gasteiger partial charge in [-0.2, -0.15) is 0 Å². The van der Waals surface area contributed by atoms with Crippen LogP contribution in [0.3, 0.4) is 0 Å². The molecule has 0 unspecified atom stereocenters. The summed E-state index contributed by atoms with van der Waals surface area (Å²) in [6.07, 6.45) is 0.0340. The van der Waals surface area contributed by atoms with Gasteiger partial charge in [-0.05, 0) is 55.8 Å². The minimum Gasteiger partial charge on any atom is -0.496 e. The van der Waals surface area contributed by atoms with Crippen molar-refractivity contribution in [2.24, 2.45) is 0 Å². The van der Waals surface area contributed by atoms with E-state index in [9.17, 15) is 18.0 Å². The highest BCUT2D eigenvalue weighted by Crippen LogP contribution is 2.20. The quantitative estimate of drug-likeness (QED) is 0.576. The number of sulfonamides is 1. The Morgan fingerprint density at radius 1 is 1.04 bits per heavy atom. The fourth-order valence-electron chi connectivity index (χ4n) is 2.38. The minimum atomic E-state index is -3.40. The summed E-state index contributed by atoms with van der Waals surface area (Å²) in [6.45, 7) is 3.33. The van der Waals surface area contributed by atoms with Gasteiger partial charge in [0.1, 0.15) is 5.75 Å². The molecule has 0 aromatic heterocycles. The molecule has 2 rings (SSSR count). The van der Waals surface area contributed by atoms with E-state index in [1.54, 1.807) is 18.2 Å². The van der Waals surface area contributed by atoms with E-state index < -0.39 is 27.9 Å². The van der Waals surface area contributed by atoms with E-state index in [2.05, 4.69) is 4.72 Å². The Balaban J connectivity index is 2.07. The minimum absolute atomic E-state index is 0.282. The highest BCUT2D eigenvalue weighted by atomic mass is 32.2. The van der Waals surface area contributed by atoms with Crippen molar-refractivity contribution < 1.29 is 27.5 Å². The number of hydrogen-bond acceptors (Lipinski definition) is 6. The number of Topliss-reactive ketones (excluding diaryl/α,β-unsaturated/α-hetero) is 1. The lowest BCUT2D eigenvalue weighted by molar-refractivity contribution is 0.0318. The predicted molar refractivity (Wildman–Crippen MR) is 102 cm³/mol. The van der Waals surface area contributed by atoms with Crippen molar-refractivity contribution >= 4 is 27.5 Å². The fraction of sp³-hybridized carbons (Fsp3) is 0.263. The zero-order valence-corrected chi connectivity index (χ0v) is 16.3. The van der Waals surface area contributed by atoms with Crippen molar-refractivity contribution in [3.05, 3.63) is 59.2 Å². The summed E-state index contributed by atoms with van der Waals surface area (Å²) in [7, 11) is -1.89. The van der Waals surface area contributed by atoms with E-state index in [-0.39, 0.29) is 5.56 Å². The zero-order chi connectivity index (χ0) is 20.2. The molecule has 0 bridgehead atoms. The largest absolute Gasteiger partial charge is 0.496 e. The first-order chi connectivity index (χ1) is 12.6. The molecule has 1 N–H and O–H groups in total. The third-order valence-corrected chi connectivity index (χ3v) is 4.38. The number of nitrogens with one attached hydrogen (secondary N) is 1. The number of carbonyl (C=O) groups is 2. The summed E-state index contributed by atoms with van der Waals surface area (Å²) in [6, 6.07) is 10.8. The van der Waals surface area contributed by atoms with Crippen LogP contribution in [0.1, 0.15) is 33.2 Å². The highest BCUT2D eigenvalue weighted by Gasteiger charge is 2.21. The van der Waals surface area contributed by atoms with Gasteiger partial charge in [0.05, 0.1) is 18.9 Å². The number of methoxy groups -OCH3 is 1. The van der Waals surface area contributed by atoms with Crippen LogP contribution in [0.5, 0.6) is 5.75 Å². The van der Waals surface area contributed by atoms with Crippen LogP contribution in [-0.4, -0.2) is 39.6 Å². The van der Waals surface area contributed by atoms with Gasteiger partial charge in [0.15, 0.2) is 6.10 Å². The van der Waals surface area contributed by atoms with Gasteiger partial charge in [0.25, 0.3) is 0 Å². The van der Waals surface area contributed by atoms with Gasteiger partial charge in [0, 0.05) is 11.3 Å². The predicted octanol–water partition coefficient (Wildman–Crippen LogP) is 2.80. The lowest BCUT2D eigenvalue weighted by atomic mass is 10.1. The summed E-state index contributed by atoms with van der Waals surface area (Å²) in [4.78, 5) is 24.7. The third kappa shape index (κ3) is 5.55. The van der Waals surface area contributed by atoms with Crippen LogP contribution in [0, 0.1) is 6.92 Å². The summed E-state index contributed by atoms with van der Waals surface area (Å²) >= 11 is 0. The average molecular weight is 391 g/mol. The molecule has 0 amide bonds. The van der Waals surface area contributed by atoms with Crippen molar-refractivity contribution in [1.29, 1.82) is 0 Å². The van der Waals surface area contributed by atoms with Crippen molar-refractivity contribution in [2.45, 2.75) is 20.0 Å². The number of hydrogen-bond donors (Lipinski definition) is 1. The standard InChI is InChI=1S/C19H21NO6S/c1-12-5-6-15(11-17(12)25-3)19(22)26-13(2)18(21)14-7-9-16(10-8-14)20-27(4,23)24/h5-11,13,20H,1-4H3/t13-/m0/s1. The molecule has 2 aromatic carbocycles. The normalized spacial score (nSPS) is 12.1. The van der Waals surface area contributed by atoms with Crippen molar-refractivity contribution in [3.8, 4) is 5.75 Å². The molecule has 0 aliphatic heterocycles. The maximum atomic E-state index is 12.4. The second-order valence-corrected chi connectivity index (χ2v) is 7.80. The summed E-state index contributed by atoms with van der Waals surface area (Å²) in [5.74, 6) is -0.477. The van der Waals surface area contributed by atoms with Gasteiger partial charge in [0.2, 0.25) is 15.8 Å². The third-order valence-electron chi connectivity index (χ3n) is 3.77. The van der Waals surface area contributed by atoms with E-state index in [1.165, 1.54) is 38.3 Å². The Labute approximate surface area is 158 Å². The summed E-state index contributed by atoms with van der Waals surface area (Å²) in [5, 5.41) is 0. The molecule has 0 aliphatic rings. The van der Waals surface area contributed by atoms with Crippen LogP contribution in [0.25, 0.3) is 0 Å². The number of benzene rings is 2. The van der Waals surface area contributed by atoms with Crippen LogP contribution < -0.4 is 9.46 Å². The average Bonchev–Trinajstić information content (AvgIpc) is 2.60. The van der Waals surface area contributed by atoms with E-state index in [0.29, 0.717) is 17.0 Å². The number of rotatable bonds is 7. The first kappa shape index (κ1) is 20.4. The van der Waals surface area contributed by atoms with Crippen molar-refractivity contribution in [3.63, 3.8) is 0 Å². The Kier molecular flexibility index (Phi) is 6.22. The maximum Gasteiger partial charge on any atom is 0.338 e. The zero-order valence-electron chi connectivity index (χ0n) is 15.5. The summed E-state index contributed by atoms with van der Waals surface area (Å²) in [5.41, 5.74) is 1.80. The molecule has 0 spiro atoms. The van der Waals surface area contributed by atoms with Gasteiger partial charge in [-0.25, -0.2) is 13.2 Å². The van der Waals surface area contributed by atoms with Gasteiger partial charge < -0.3 is 9.47 Å². The Hall–Kier alpha value is -2.87. The van der Waals surface area contributed by atoms with Crippen LogP contribution in [0.4, 0.5) is 5.69 Å². The number of aryl methyl sites for hydroxylation is 1. The number of carbonyl (C=O) groups excluding carboxylic acids is 2. The van der Waals surface area contributed by atoms with Gasteiger partial charge in [-0.1, -0.05) is 6.07 Å². The van der Waals surface area contributed by atoms with Crippen molar-refractivity contribution in [2.75, 3.05) is 18.1 Å². The summed E-state index contributed by atoms with van der Waals surface area (Å²) < 4.78 is 35.1. The van der Waals surface area contributed by atoms with Crippen molar-refractivity contribution in [1.82, 2.24) is 0 Å². The van der Waals surface area contributed by atoms with Crippen LogP contribution in [0.2, 0.25) is 0 Å². The second-order valence-electron chi connectivity index (χ2n) is 6.05. The van der Waals surface area contributed by atoms with Crippen LogP contribution in [0.15, 0.2) is 42.5 Å². The highest BCUT2D eigenvalue weighted by molar-refractivity contribution is 7.92. The molecule has 2 aromatic rings. The van der Waals surface area contributed by atoms with Gasteiger partial charge >= 0.3 is 5.97 Å². The Morgan fingerprint density at radius 3 is 2.19 bits per heavy atom. The molecule has 1 atom stereocenters. The molecule has 0 radical (unpaired) electrons. The molecule has 7 nitrogen and oxygen atoms in total. The second kappa shape index (κ2) is 8.22. The molecular formula is C19H21NO6S. The van der Waals surface area contributed by atoms with Gasteiger partial charge in [-0.3, -0.25) is 9.52 Å². The van der Waals surface area contributed by atoms with Gasteiger partial charge in [-0.15, -0.1) is 0 Å². The van der Waals surface area contributed by atoms with E-state index >= 15 is 0 Å². The van der Waals surface area contributed by atoms with E-state index in [1.807, 2.05) is 6.92 Å². The molecule has 0 saturated heterocycles. The monoisotopic (exact) mass is 391 g/mol. The number of esters is 1. The molecule has 8 heteroatoms. The number of ketones is 1. The molecule has 144 valence electrons. The topological polar surface area (TPSA) is 98.8 Å². The SMILES string of the molecule is COc1cc(C(=O)O[C@@H](C)C(=O)c2ccc(NS(C)(=O)=O)cc2)ccc1C. The molecule has 0 heterocycles. The molecule has 0 aliphatic carbocycles. The fourth-order valence-corrected chi connectivity index (χ4v) is 2.94. The smallest absolute Gasteiger partial charge is 0.338 e. The van der Waals surface area contributed by atoms with Crippen LogP contribution >= 0.6 is 0 Å². The number of anilines is 1. The molecule has 0 fully saturated rings.